The molecule has 0 amide bonds. The predicted octanol–water partition coefficient (Wildman–Crippen LogP) is 4.53. The molecule has 0 fully saturated rings. The summed E-state index contributed by atoms with van der Waals surface area (Å²) in [6, 6.07) is 7.82. The van der Waals surface area contributed by atoms with Crippen LogP contribution in [0.15, 0.2) is 29.4 Å². The first kappa shape index (κ1) is 10.6. The van der Waals surface area contributed by atoms with Gasteiger partial charge in [0.2, 0.25) is 0 Å². The van der Waals surface area contributed by atoms with Crippen molar-refractivity contribution in [1.82, 2.24) is 0 Å². The number of nitrogens with zero attached hydrogens (tertiary/aromatic N) is 3. The fourth-order valence-electron chi connectivity index (χ4n) is 1.62. The van der Waals surface area contributed by atoms with E-state index in [1.807, 2.05) is 24.3 Å². The number of benzene rings is 1. The molecule has 14 heavy (non-hydrogen) atoms. The van der Waals surface area contributed by atoms with Gasteiger partial charge in [-0.2, -0.15) is 0 Å². The van der Waals surface area contributed by atoms with Crippen molar-refractivity contribution in [3.63, 3.8) is 0 Å². The third kappa shape index (κ3) is 2.51. The molecule has 0 aliphatic rings. The first-order valence-corrected chi connectivity index (χ1v) is 4.96. The minimum absolute atomic E-state index is 0.620. The van der Waals surface area contributed by atoms with E-state index in [1.54, 1.807) is 0 Å². The van der Waals surface area contributed by atoms with Crippen molar-refractivity contribution in [2.24, 2.45) is 5.11 Å². The molecule has 74 valence electrons. The molecule has 0 saturated carbocycles. The van der Waals surface area contributed by atoms with Gasteiger partial charge in [-0.05, 0) is 29.9 Å². The summed E-state index contributed by atoms with van der Waals surface area (Å²) < 4.78 is 0. The zero-order valence-corrected chi connectivity index (χ0v) is 8.64. The van der Waals surface area contributed by atoms with Gasteiger partial charge >= 0.3 is 0 Å². The second-order valence-electron chi connectivity index (χ2n) is 3.29. The van der Waals surface area contributed by atoms with Crippen LogP contribution in [0.1, 0.15) is 38.2 Å². The Kier molecular flexibility index (Phi) is 4.02. The lowest BCUT2D eigenvalue weighted by Gasteiger charge is -2.12. The number of hydrogen-bond donors (Lipinski definition) is 0. The summed E-state index contributed by atoms with van der Waals surface area (Å²) in [5, 5.41) is 3.54. The average molecular weight is 189 g/mol. The van der Waals surface area contributed by atoms with Crippen LogP contribution in [0.25, 0.3) is 10.4 Å². The van der Waals surface area contributed by atoms with Crippen LogP contribution in [-0.4, -0.2) is 0 Å². The van der Waals surface area contributed by atoms with Gasteiger partial charge in [0.1, 0.15) is 0 Å². The number of rotatable bonds is 4. The Hall–Kier alpha value is -1.47. The Morgan fingerprint density at radius 1 is 1.21 bits per heavy atom. The Balaban J connectivity index is 2.86. The maximum Gasteiger partial charge on any atom is 0.0375 e. The Morgan fingerprint density at radius 3 is 2.21 bits per heavy atom. The standard InChI is InChI=1S/C11H15N3/c1-3-9(4-2)10-5-7-11(8-6-10)13-14-12/h5-9H,3-4H2,1-2H3. The van der Waals surface area contributed by atoms with Gasteiger partial charge in [-0.3, -0.25) is 0 Å². The molecule has 0 bridgehead atoms. The van der Waals surface area contributed by atoms with E-state index in [0.717, 1.165) is 12.8 Å². The molecule has 0 aromatic heterocycles. The summed E-state index contributed by atoms with van der Waals surface area (Å²) in [5.74, 6) is 0.620. The molecule has 0 atom stereocenters. The van der Waals surface area contributed by atoms with Crippen LogP contribution < -0.4 is 0 Å². The van der Waals surface area contributed by atoms with E-state index in [2.05, 4.69) is 23.9 Å². The van der Waals surface area contributed by atoms with Crippen molar-refractivity contribution in [3.8, 4) is 0 Å². The summed E-state index contributed by atoms with van der Waals surface area (Å²) in [6.45, 7) is 4.38. The third-order valence-electron chi connectivity index (χ3n) is 2.51. The van der Waals surface area contributed by atoms with E-state index < -0.39 is 0 Å². The molecule has 0 aliphatic heterocycles. The summed E-state index contributed by atoms with van der Waals surface area (Å²) in [5.41, 5.74) is 10.3. The van der Waals surface area contributed by atoms with Crippen molar-refractivity contribution in [1.29, 1.82) is 0 Å². The zero-order chi connectivity index (χ0) is 10.4. The predicted molar refractivity (Wildman–Crippen MR) is 58.6 cm³/mol. The molecule has 1 aromatic rings. The average Bonchev–Trinajstić information content (AvgIpc) is 2.23. The number of hydrogen-bond acceptors (Lipinski definition) is 1. The monoisotopic (exact) mass is 189 g/mol. The van der Waals surface area contributed by atoms with Gasteiger partial charge in [-0.25, -0.2) is 0 Å². The highest BCUT2D eigenvalue weighted by molar-refractivity contribution is 5.39. The van der Waals surface area contributed by atoms with Crippen LogP contribution in [0.3, 0.4) is 0 Å². The van der Waals surface area contributed by atoms with Gasteiger partial charge < -0.3 is 0 Å². The van der Waals surface area contributed by atoms with E-state index in [9.17, 15) is 0 Å². The lowest BCUT2D eigenvalue weighted by molar-refractivity contribution is 0.642. The molecule has 3 nitrogen and oxygen atoms in total. The second kappa shape index (κ2) is 5.30. The van der Waals surface area contributed by atoms with Crippen LogP contribution in [-0.2, 0) is 0 Å². The van der Waals surface area contributed by atoms with Crippen LogP contribution in [0.2, 0.25) is 0 Å². The highest BCUT2D eigenvalue weighted by Gasteiger charge is 2.05. The van der Waals surface area contributed by atoms with E-state index in [0.29, 0.717) is 11.6 Å². The molecular weight excluding hydrogens is 174 g/mol. The normalized spacial score (nSPS) is 9.93. The van der Waals surface area contributed by atoms with E-state index in [1.165, 1.54) is 5.56 Å². The van der Waals surface area contributed by atoms with E-state index >= 15 is 0 Å². The quantitative estimate of drug-likeness (QED) is 0.379. The maximum atomic E-state index is 8.25. The molecule has 0 N–H and O–H groups in total. The maximum absolute atomic E-state index is 8.25. The van der Waals surface area contributed by atoms with Gasteiger partial charge in [-0.15, -0.1) is 0 Å². The first-order chi connectivity index (χ1) is 6.81. The summed E-state index contributed by atoms with van der Waals surface area (Å²) >= 11 is 0. The van der Waals surface area contributed by atoms with Gasteiger partial charge in [0, 0.05) is 10.6 Å². The van der Waals surface area contributed by atoms with Crippen LogP contribution in [0.5, 0.6) is 0 Å². The summed E-state index contributed by atoms with van der Waals surface area (Å²) in [6.07, 6.45) is 2.30. The molecule has 0 aliphatic carbocycles. The SMILES string of the molecule is CCC(CC)c1ccc(N=[N+]=[N-])cc1. The van der Waals surface area contributed by atoms with Gasteiger partial charge in [-0.1, -0.05) is 43.2 Å². The minimum atomic E-state index is 0.620. The van der Waals surface area contributed by atoms with Gasteiger partial charge in [0.05, 0.1) is 0 Å². The molecule has 1 aromatic carbocycles. The Labute approximate surface area is 84.4 Å². The van der Waals surface area contributed by atoms with Crippen molar-refractivity contribution < 1.29 is 0 Å². The zero-order valence-electron chi connectivity index (χ0n) is 8.64. The largest absolute Gasteiger partial charge is 0.0648 e. The van der Waals surface area contributed by atoms with Crippen molar-refractivity contribution >= 4 is 5.69 Å². The molecule has 3 heteroatoms. The van der Waals surface area contributed by atoms with E-state index in [4.69, 9.17) is 5.53 Å². The lowest BCUT2D eigenvalue weighted by atomic mass is 9.94. The molecule has 0 saturated heterocycles. The highest BCUT2D eigenvalue weighted by atomic mass is 15.1. The smallest absolute Gasteiger partial charge is 0.0375 e. The fraction of sp³-hybridized carbons (Fsp3) is 0.455. The van der Waals surface area contributed by atoms with Crippen molar-refractivity contribution in [3.05, 3.63) is 40.3 Å². The Bertz CT molecular complexity index is 319. The van der Waals surface area contributed by atoms with Gasteiger partial charge in [0.25, 0.3) is 0 Å². The second-order valence-corrected chi connectivity index (χ2v) is 3.29. The van der Waals surface area contributed by atoms with Crippen LogP contribution >= 0.6 is 0 Å². The van der Waals surface area contributed by atoms with Crippen molar-refractivity contribution in [2.75, 3.05) is 0 Å². The Morgan fingerprint density at radius 2 is 1.79 bits per heavy atom. The molecule has 1 rings (SSSR count). The molecule has 0 spiro atoms. The van der Waals surface area contributed by atoms with Crippen LogP contribution in [0, 0.1) is 0 Å². The minimum Gasteiger partial charge on any atom is -0.0648 e. The topological polar surface area (TPSA) is 48.8 Å². The molecule has 0 unspecified atom stereocenters. The third-order valence-corrected chi connectivity index (χ3v) is 2.51. The van der Waals surface area contributed by atoms with Crippen LogP contribution in [0.4, 0.5) is 5.69 Å². The lowest BCUT2D eigenvalue weighted by Crippen LogP contribution is -1.93. The first-order valence-electron chi connectivity index (χ1n) is 4.96. The van der Waals surface area contributed by atoms with E-state index in [-0.39, 0.29) is 0 Å². The van der Waals surface area contributed by atoms with Crippen molar-refractivity contribution in [2.45, 2.75) is 32.6 Å². The molecular formula is C11H15N3. The summed E-state index contributed by atoms with van der Waals surface area (Å²) in [4.78, 5) is 2.75. The number of azide groups is 1. The molecule has 0 radical (unpaired) electrons. The fourth-order valence-corrected chi connectivity index (χ4v) is 1.62. The highest BCUT2D eigenvalue weighted by Crippen LogP contribution is 2.24. The van der Waals surface area contributed by atoms with Gasteiger partial charge in [0.15, 0.2) is 0 Å². The molecule has 0 heterocycles. The summed E-state index contributed by atoms with van der Waals surface area (Å²) in [7, 11) is 0.